The molecule has 7 nitrogen and oxygen atoms in total. The molecule has 0 saturated carbocycles. The molecule has 2 aromatic carbocycles. The zero-order valence-corrected chi connectivity index (χ0v) is 21.7. The number of furan rings is 1. The van der Waals surface area contributed by atoms with E-state index in [4.69, 9.17) is 9.15 Å². The summed E-state index contributed by atoms with van der Waals surface area (Å²) in [5, 5.41) is 3.45. The fourth-order valence-electron chi connectivity index (χ4n) is 3.88. The molecule has 1 aliphatic heterocycles. The molecule has 0 aliphatic carbocycles. The Hall–Kier alpha value is -2.85. The van der Waals surface area contributed by atoms with Crippen LogP contribution in [0.3, 0.4) is 0 Å². The summed E-state index contributed by atoms with van der Waals surface area (Å²) in [6, 6.07) is 22.0. The van der Waals surface area contributed by atoms with Crippen molar-refractivity contribution in [2.75, 3.05) is 33.2 Å². The van der Waals surface area contributed by atoms with Gasteiger partial charge in [-0.05, 0) is 28.8 Å². The van der Waals surface area contributed by atoms with Crippen LogP contribution >= 0.6 is 24.0 Å². The Morgan fingerprint density at radius 3 is 2.29 bits per heavy atom. The first-order valence-electron chi connectivity index (χ1n) is 11.2. The van der Waals surface area contributed by atoms with Crippen LogP contribution in [0.25, 0.3) is 0 Å². The van der Waals surface area contributed by atoms with E-state index in [9.17, 15) is 4.79 Å². The maximum atomic E-state index is 12.5. The van der Waals surface area contributed by atoms with Crippen molar-refractivity contribution < 1.29 is 13.9 Å². The molecule has 1 amide bonds. The molecule has 1 fully saturated rings. The van der Waals surface area contributed by atoms with Crippen molar-refractivity contribution in [1.29, 1.82) is 0 Å². The van der Waals surface area contributed by atoms with E-state index in [0.717, 1.165) is 24.6 Å². The number of ether oxygens (including phenoxy) is 1. The second-order valence-electron chi connectivity index (χ2n) is 7.96. The molecule has 0 spiro atoms. The molecule has 1 aromatic heterocycles. The number of carbonyl (C=O) groups is 1. The van der Waals surface area contributed by atoms with Gasteiger partial charge in [0.25, 0.3) is 5.91 Å². The summed E-state index contributed by atoms with van der Waals surface area (Å²) in [5.74, 6) is 1.17. The number of carbonyl (C=O) groups excluding carboxylic acids is 1. The molecular formula is C26H31IN4O3. The highest BCUT2D eigenvalue weighted by Gasteiger charge is 2.25. The van der Waals surface area contributed by atoms with E-state index in [2.05, 4.69) is 51.6 Å². The number of halogens is 1. The molecule has 8 heteroatoms. The van der Waals surface area contributed by atoms with Gasteiger partial charge in [0.2, 0.25) is 0 Å². The van der Waals surface area contributed by atoms with Crippen molar-refractivity contribution in [1.82, 2.24) is 15.1 Å². The van der Waals surface area contributed by atoms with Crippen LogP contribution in [0.2, 0.25) is 0 Å². The molecule has 0 bridgehead atoms. The van der Waals surface area contributed by atoms with Crippen LogP contribution in [0, 0.1) is 0 Å². The van der Waals surface area contributed by atoms with Crippen molar-refractivity contribution in [3.8, 4) is 0 Å². The van der Waals surface area contributed by atoms with Crippen molar-refractivity contribution in [2.24, 2.45) is 4.99 Å². The van der Waals surface area contributed by atoms with Gasteiger partial charge in [-0.1, -0.05) is 54.6 Å². The highest BCUT2D eigenvalue weighted by atomic mass is 127. The normalized spacial score (nSPS) is 14.0. The number of guanidine groups is 1. The fourth-order valence-corrected chi connectivity index (χ4v) is 3.88. The third kappa shape index (κ3) is 7.07. The zero-order chi connectivity index (χ0) is 22.9. The molecule has 4 rings (SSSR count). The molecule has 2 heterocycles. The SMILES string of the molecule is CN=C(NCc1cccc(COCc2ccccc2)c1)N1CCN(C(=O)c2ccco2)CC1.I. The Balaban J connectivity index is 0.00000324. The van der Waals surface area contributed by atoms with Gasteiger partial charge in [-0.3, -0.25) is 9.79 Å². The summed E-state index contributed by atoms with van der Waals surface area (Å²) in [7, 11) is 1.79. The van der Waals surface area contributed by atoms with Gasteiger partial charge in [0.05, 0.1) is 19.5 Å². The third-order valence-electron chi connectivity index (χ3n) is 5.63. The summed E-state index contributed by atoms with van der Waals surface area (Å²) < 4.78 is 11.1. The average molecular weight is 574 g/mol. The van der Waals surface area contributed by atoms with Gasteiger partial charge < -0.3 is 24.3 Å². The number of rotatable bonds is 7. The molecule has 0 unspecified atom stereocenters. The quantitative estimate of drug-likeness (QED) is 0.261. The van der Waals surface area contributed by atoms with Gasteiger partial charge in [0.15, 0.2) is 11.7 Å². The lowest BCUT2D eigenvalue weighted by atomic mass is 10.1. The van der Waals surface area contributed by atoms with Crippen molar-refractivity contribution in [3.05, 3.63) is 95.4 Å². The standard InChI is InChI=1S/C26H30N4O3.HI/c1-27-26(30-14-12-29(13-15-30)25(31)24-11-6-16-33-24)28-18-22-9-5-10-23(17-22)20-32-19-21-7-3-2-4-8-21;/h2-11,16-17H,12-15,18-20H2,1H3,(H,27,28);1H. The Kier molecular flexibility index (Phi) is 9.96. The maximum Gasteiger partial charge on any atom is 0.289 e. The molecule has 180 valence electrons. The van der Waals surface area contributed by atoms with Crippen LogP contribution in [0.4, 0.5) is 0 Å². The van der Waals surface area contributed by atoms with Crippen molar-refractivity contribution >= 4 is 35.8 Å². The van der Waals surface area contributed by atoms with Crippen molar-refractivity contribution in [3.63, 3.8) is 0 Å². The number of aliphatic imine (C=N–C) groups is 1. The van der Waals surface area contributed by atoms with Gasteiger partial charge in [-0.2, -0.15) is 0 Å². The second-order valence-corrected chi connectivity index (χ2v) is 7.96. The number of piperazine rings is 1. The summed E-state index contributed by atoms with van der Waals surface area (Å²) in [4.78, 5) is 20.9. The van der Waals surface area contributed by atoms with Crippen LogP contribution in [0.1, 0.15) is 27.2 Å². The lowest BCUT2D eigenvalue weighted by Gasteiger charge is -2.36. The fraction of sp³-hybridized carbons (Fsp3) is 0.308. The van der Waals surface area contributed by atoms with Gasteiger partial charge in [-0.25, -0.2) is 0 Å². The minimum atomic E-state index is -0.0612. The Labute approximate surface area is 217 Å². The first-order chi connectivity index (χ1) is 16.2. The first kappa shape index (κ1) is 25.8. The molecule has 34 heavy (non-hydrogen) atoms. The van der Waals surface area contributed by atoms with Crippen LogP contribution in [-0.4, -0.2) is 54.9 Å². The molecule has 1 aliphatic rings. The molecular weight excluding hydrogens is 543 g/mol. The Bertz CT molecular complexity index is 1050. The molecule has 0 atom stereocenters. The lowest BCUT2D eigenvalue weighted by molar-refractivity contribution is 0.0657. The minimum Gasteiger partial charge on any atom is -0.459 e. The van der Waals surface area contributed by atoms with Crippen LogP contribution in [0.5, 0.6) is 0 Å². The smallest absolute Gasteiger partial charge is 0.289 e. The third-order valence-corrected chi connectivity index (χ3v) is 5.63. The predicted octanol–water partition coefficient (Wildman–Crippen LogP) is 4.15. The van der Waals surface area contributed by atoms with Gasteiger partial charge >= 0.3 is 0 Å². The van der Waals surface area contributed by atoms with E-state index < -0.39 is 0 Å². The topological polar surface area (TPSA) is 70.3 Å². The highest BCUT2D eigenvalue weighted by molar-refractivity contribution is 14.0. The Morgan fingerprint density at radius 2 is 1.59 bits per heavy atom. The zero-order valence-electron chi connectivity index (χ0n) is 19.4. The van der Waals surface area contributed by atoms with Crippen LogP contribution in [-0.2, 0) is 24.5 Å². The lowest BCUT2D eigenvalue weighted by Crippen LogP contribution is -2.53. The average Bonchev–Trinajstić information content (AvgIpc) is 3.40. The van der Waals surface area contributed by atoms with E-state index in [1.807, 2.05) is 23.1 Å². The number of nitrogens with zero attached hydrogens (tertiary/aromatic N) is 3. The van der Waals surface area contributed by atoms with E-state index >= 15 is 0 Å². The monoisotopic (exact) mass is 574 g/mol. The summed E-state index contributed by atoms with van der Waals surface area (Å²) in [6.07, 6.45) is 1.53. The van der Waals surface area contributed by atoms with E-state index in [-0.39, 0.29) is 29.9 Å². The summed E-state index contributed by atoms with van der Waals surface area (Å²) in [6.45, 7) is 4.56. The number of amides is 1. The molecule has 0 radical (unpaired) electrons. The number of benzene rings is 2. The summed E-state index contributed by atoms with van der Waals surface area (Å²) >= 11 is 0. The Morgan fingerprint density at radius 1 is 0.912 bits per heavy atom. The molecule has 1 N–H and O–H groups in total. The van der Waals surface area contributed by atoms with Crippen LogP contribution < -0.4 is 5.32 Å². The first-order valence-corrected chi connectivity index (χ1v) is 11.2. The van der Waals surface area contributed by atoms with Gasteiger partial charge in [-0.15, -0.1) is 24.0 Å². The van der Waals surface area contributed by atoms with E-state index in [1.165, 1.54) is 17.4 Å². The number of nitrogens with one attached hydrogen (secondary N) is 1. The van der Waals surface area contributed by atoms with Gasteiger partial charge in [0, 0.05) is 39.8 Å². The van der Waals surface area contributed by atoms with Gasteiger partial charge in [0.1, 0.15) is 0 Å². The van der Waals surface area contributed by atoms with E-state index in [1.54, 1.807) is 19.2 Å². The molecule has 3 aromatic rings. The highest BCUT2D eigenvalue weighted by Crippen LogP contribution is 2.11. The number of hydrogen-bond acceptors (Lipinski definition) is 4. The van der Waals surface area contributed by atoms with E-state index in [0.29, 0.717) is 38.6 Å². The number of hydrogen-bond donors (Lipinski definition) is 1. The largest absolute Gasteiger partial charge is 0.459 e. The van der Waals surface area contributed by atoms with Crippen molar-refractivity contribution in [2.45, 2.75) is 19.8 Å². The maximum absolute atomic E-state index is 12.5. The predicted molar refractivity (Wildman–Crippen MR) is 143 cm³/mol. The van der Waals surface area contributed by atoms with Crippen LogP contribution in [0.15, 0.2) is 82.4 Å². The molecule has 1 saturated heterocycles. The second kappa shape index (κ2) is 13.1. The minimum absolute atomic E-state index is 0. The summed E-state index contributed by atoms with van der Waals surface area (Å²) in [5.41, 5.74) is 3.49.